The molecule has 114 valence electrons. The van der Waals surface area contributed by atoms with Gasteiger partial charge in [0.2, 0.25) is 5.88 Å². The Kier molecular flexibility index (Phi) is 4.37. The molecule has 0 atom stereocenters. The highest BCUT2D eigenvalue weighted by Gasteiger charge is 2.16. The molecule has 4 heteroatoms. The molecule has 0 radical (unpaired) electrons. The molecule has 2 rings (SSSR count). The van der Waals surface area contributed by atoms with Gasteiger partial charge in [0.25, 0.3) is 0 Å². The zero-order valence-corrected chi connectivity index (χ0v) is 13.8. The van der Waals surface area contributed by atoms with Crippen molar-refractivity contribution >= 4 is 0 Å². The Morgan fingerprint density at radius 2 is 1.81 bits per heavy atom. The van der Waals surface area contributed by atoms with Gasteiger partial charge in [0.1, 0.15) is 5.75 Å². The highest BCUT2D eigenvalue weighted by atomic mass is 16.5. The second-order valence-corrected chi connectivity index (χ2v) is 6.40. The molecule has 1 heterocycles. The number of nitrogens with zero attached hydrogens (tertiary/aromatic N) is 2. The van der Waals surface area contributed by atoms with Gasteiger partial charge in [-0.1, -0.05) is 32.9 Å². The standard InChI is InChI=1S/C17H25N3O/c1-12-15(11-18-5)16(20(6)19-12)21-14-9-7-13(8-10-14)17(2,3)4/h7-10,18H,11H2,1-6H3. The number of hydrogen-bond donors (Lipinski definition) is 1. The number of aryl methyl sites for hydroxylation is 2. The third-order valence-electron chi connectivity index (χ3n) is 3.58. The maximum atomic E-state index is 6.04. The SMILES string of the molecule is CNCc1c(C)nn(C)c1Oc1ccc(C(C)(C)C)cc1. The topological polar surface area (TPSA) is 39.1 Å². The molecule has 0 aliphatic carbocycles. The molecule has 0 saturated carbocycles. The number of benzene rings is 1. The van der Waals surface area contributed by atoms with Crippen molar-refractivity contribution < 1.29 is 4.74 Å². The summed E-state index contributed by atoms with van der Waals surface area (Å²) in [7, 11) is 3.83. The van der Waals surface area contributed by atoms with Crippen LogP contribution in [0.3, 0.4) is 0 Å². The minimum Gasteiger partial charge on any atom is -0.439 e. The molecular weight excluding hydrogens is 262 g/mol. The minimum atomic E-state index is 0.152. The molecule has 0 aliphatic heterocycles. The Labute approximate surface area is 127 Å². The van der Waals surface area contributed by atoms with E-state index in [1.54, 1.807) is 4.68 Å². The molecule has 0 saturated heterocycles. The van der Waals surface area contributed by atoms with Crippen LogP contribution in [0, 0.1) is 6.92 Å². The first-order valence-electron chi connectivity index (χ1n) is 7.28. The Morgan fingerprint density at radius 1 is 1.19 bits per heavy atom. The van der Waals surface area contributed by atoms with Gasteiger partial charge < -0.3 is 10.1 Å². The van der Waals surface area contributed by atoms with E-state index in [1.807, 2.05) is 33.2 Å². The zero-order chi connectivity index (χ0) is 15.6. The number of ether oxygens (including phenoxy) is 1. The van der Waals surface area contributed by atoms with Crippen LogP contribution in [0.4, 0.5) is 0 Å². The molecule has 0 bridgehead atoms. The number of nitrogens with one attached hydrogen (secondary N) is 1. The van der Waals surface area contributed by atoms with Crippen LogP contribution in [0.5, 0.6) is 11.6 Å². The molecule has 0 amide bonds. The van der Waals surface area contributed by atoms with Gasteiger partial charge in [0, 0.05) is 13.6 Å². The maximum absolute atomic E-state index is 6.04. The number of aromatic nitrogens is 2. The summed E-state index contributed by atoms with van der Waals surface area (Å²) in [6, 6.07) is 8.28. The van der Waals surface area contributed by atoms with Crippen LogP contribution in [0.2, 0.25) is 0 Å². The molecule has 0 spiro atoms. The van der Waals surface area contributed by atoms with Gasteiger partial charge >= 0.3 is 0 Å². The van der Waals surface area contributed by atoms with Gasteiger partial charge in [-0.25, -0.2) is 4.68 Å². The second kappa shape index (κ2) is 5.90. The van der Waals surface area contributed by atoms with Gasteiger partial charge in [0.05, 0.1) is 11.3 Å². The Morgan fingerprint density at radius 3 is 2.33 bits per heavy atom. The molecule has 0 aliphatic rings. The van der Waals surface area contributed by atoms with Gasteiger partial charge in [-0.05, 0) is 37.1 Å². The van der Waals surface area contributed by atoms with E-state index in [4.69, 9.17) is 4.74 Å². The van der Waals surface area contributed by atoms with Gasteiger partial charge in [0.15, 0.2) is 0 Å². The Balaban J connectivity index is 2.26. The van der Waals surface area contributed by atoms with Crippen molar-refractivity contribution in [1.29, 1.82) is 0 Å². The lowest BCUT2D eigenvalue weighted by atomic mass is 9.87. The lowest BCUT2D eigenvalue weighted by Crippen LogP contribution is -2.10. The normalized spacial score (nSPS) is 11.7. The van der Waals surface area contributed by atoms with Crippen molar-refractivity contribution in [2.45, 2.75) is 39.7 Å². The lowest BCUT2D eigenvalue weighted by Gasteiger charge is -2.19. The average Bonchev–Trinajstić information content (AvgIpc) is 2.66. The maximum Gasteiger partial charge on any atom is 0.222 e. The van der Waals surface area contributed by atoms with Crippen molar-refractivity contribution in [2.24, 2.45) is 7.05 Å². The van der Waals surface area contributed by atoms with Crippen molar-refractivity contribution in [3.63, 3.8) is 0 Å². The van der Waals surface area contributed by atoms with E-state index in [-0.39, 0.29) is 5.41 Å². The second-order valence-electron chi connectivity index (χ2n) is 6.40. The van der Waals surface area contributed by atoms with E-state index in [0.717, 1.165) is 29.4 Å². The largest absolute Gasteiger partial charge is 0.439 e. The van der Waals surface area contributed by atoms with Gasteiger partial charge in [-0.2, -0.15) is 5.10 Å². The summed E-state index contributed by atoms with van der Waals surface area (Å²) in [5.74, 6) is 1.63. The van der Waals surface area contributed by atoms with Crippen LogP contribution in [0.1, 0.15) is 37.6 Å². The van der Waals surface area contributed by atoms with Gasteiger partial charge in [-0.3, -0.25) is 0 Å². The van der Waals surface area contributed by atoms with Crippen molar-refractivity contribution in [3.05, 3.63) is 41.1 Å². The van der Waals surface area contributed by atoms with Crippen molar-refractivity contribution in [2.75, 3.05) is 7.05 Å². The fourth-order valence-corrected chi connectivity index (χ4v) is 2.32. The predicted octanol–water partition coefficient (Wildman–Crippen LogP) is 3.54. The summed E-state index contributed by atoms with van der Waals surface area (Å²) in [5.41, 5.74) is 3.54. The summed E-state index contributed by atoms with van der Waals surface area (Å²) in [6.07, 6.45) is 0. The van der Waals surface area contributed by atoms with Crippen molar-refractivity contribution in [1.82, 2.24) is 15.1 Å². The van der Waals surface area contributed by atoms with E-state index in [9.17, 15) is 0 Å². The van der Waals surface area contributed by atoms with Crippen molar-refractivity contribution in [3.8, 4) is 11.6 Å². The molecule has 2 aromatic rings. The van der Waals surface area contributed by atoms with Crippen LogP contribution >= 0.6 is 0 Å². The highest BCUT2D eigenvalue weighted by Crippen LogP contribution is 2.29. The summed E-state index contributed by atoms with van der Waals surface area (Å²) in [6.45, 7) is 9.37. The molecule has 21 heavy (non-hydrogen) atoms. The summed E-state index contributed by atoms with van der Waals surface area (Å²) < 4.78 is 7.83. The Hall–Kier alpha value is -1.81. The molecule has 0 unspecified atom stereocenters. The third-order valence-corrected chi connectivity index (χ3v) is 3.58. The first-order chi connectivity index (χ1) is 9.82. The molecule has 4 nitrogen and oxygen atoms in total. The minimum absolute atomic E-state index is 0.152. The predicted molar refractivity (Wildman–Crippen MR) is 85.9 cm³/mol. The third kappa shape index (κ3) is 3.45. The Bertz CT molecular complexity index is 606. The van der Waals surface area contributed by atoms with Crippen LogP contribution in [-0.2, 0) is 19.0 Å². The molecule has 1 aromatic heterocycles. The van der Waals surface area contributed by atoms with Gasteiger partial charge in [-0.15, -0.1) is 0 Å². The molecular formula is C17H25N3O. The number of rotatable bonds is 4. The number of hydrogen-bond acceptors (Lipinski definition) is 3. The summed E-state index contributed by atoms with van der Waals surface area (Å²) >= 11 is 0. The quantitative estimate of drug-likeness (QED) is 0.935. The van der Waals surface area contributed by atoms with Crippen LogP contribution in [-0.4, -0.2) is 16.8 Å². The fourth-order valence-electron chi connectivity index (χ4n) is 2.32. The van der Waals surface area contributed by atoms with E-state index in [0.29, 0.717) is 0 Å². The van der Waals surface area contributed by atoms with Crippen LogP contribution in [0.25, 0.3) is 0 Å². The molecule has 1 aromatic carbocycles. The first-order valence-corrected chi connectivity index (χ1v) is 7.28. The smallest absolute Gasteiger partial charge is 0.222 e. The molecule has 1 N–H and O–H groups in total. The first kappa shape index (κ1) is 15.6. The van der Waals surface area contributed by atoms with E-state index < -0.39 is 0 Å². The zero-order valence-electron chi connectivity index (χ0n) is 13.8. The lowest BCUT2D eigenvalue weighted by molar-refractivity contribution is 0.424. The summed E-state index contributed by atoms with van der Waals surface area (Å²) in [4.78, 5) is 0. The van der Waals surface area contributed by atoms with E-state index >= 15 is 0 Å². The monoisotopic (exact) mass is 287 g/mol. The molecule has 0 fully saturated rings. The van der Waals surface area contributed by atoms with E-state index in [1.165, 1.54) is 5.56 Å². The summed E-state index contributed by atoms with van der Waals surface area (Å²) in [5, 5.41) is 7.59. The van der Waals surface area contributed by atoms with Crippen LogP contribution < -0.4 is 10.1 Å². The van der Waals surface area contributed by atoms with E-state index in [2.05, 4.69) is 43.3 Å². The average molecular weight is 287 g/mol. The van der Waals surface area contributed by atoms with Crippen LogP contribution in [0.15, 0.2) is 24.3 Å². The fraction of sp³-hybridized carbons (Fsp3) is 0.471. The highest BCUT2D eigenvalue weighted by molar-refractivity contribution is 5.37.